The molecule has 0 amide bonds. The van der Waals surface area contributed by atoms with Gasteiger partial charge < -0.3 is 4.74 Å². The topological polar surface area (TPSA) is 86.1 Å². The monoisotopic (exact) mass is 404 g/mol. The summed E-state index contributed by atoms with van der Waals surface area (Å²) in [6.07, 6.45) is 0. The molecule has 3 rings (SSSR count). The van der Waals surface area contributed by atoms with E-state index in [1.54, 1.807) is 23.6 Å². The van der Waals surface area contributed by atoms with E-state index in [9.17, 15) is 12.8 Å². The Balaban J connectivity index is 1.83. The second-order valence-electron chi connectivity index (χ2n) is 6.30. The fourth-order valence-electron chi connectivity index (χ4n) is 2.74. The SMILES string of the molecule is CCn1c(Oc2ccc(F)cc2)nnc1[C@@H](C)NS(=O)(=O)c1cccc(C)c1. The number of aryl methyl sites for hydroxylation is 1. The van der Waals surface area contributed by atoms with Gasteiger partial charge >= 0.3 is 6.01 Å². The number of ether oxygens (including phenoxy) is 1. The van der Waals surface area contributed by atoms with Crippen molar-refractivity contribution in [1.29, 1.82) is 0 Å². The van der Waals surface area contributed by atoms with E-state index in [2.05, 4.69) is 14.9 Å². The first-order valence-electron chi connectivity index (χ1n) is 8.75. The van der Waals surface area contributed by atoms with E-state index in [4.69, 9.17) is 4.74 Å². The second kappa shape index (κ2) is 8.07. The molecule has 0 bridgehead atoms. The fourth-order valence-corrected chi connectivity index (χ4v) is 4.04. The maximum absolute atomic E-state index is 13.0. The first-order chi connectivity index (χ1) is 13.3. The minimum atomic E-state index is -3.72. The number of rotatable bonds is 7. The zero-order valence-corrected chi connectivity index (χ0v) is 16.6. The largest absolute Gasteiger partial charge is 0.424 e. The van der Waals surface area contributed by atoms with Crippen LogP contribution in [0.25, 0.3) is 0 Å². The van der Waals surface area contributed by atoms with Crippen molar-refractivity contribution >= 4 is 10.0 Å². The van der Waals surface area contributed by atoms with Crippen molar-refractivity contribution in [2.45, 2.75) is 38.3 Å². The smallest absolute Gasteiger partial charge is 0.322 e. The van der Waals surface area contributed by atoms with Crippen LogP contribution in [0.5, 0.6) is 11.8 Å². The first kappa shape index (κ1) is 20.0. The van der Waals surface area contributed by atoms with Crippen molar-refractivity contribution in [3.8, 4) is 11.8 Å². The molecule has 7 nitrogen and oxygen atoms in total. The highest BCUT2D eigenvalue weighted by molar-refractivity contribution is 7.89. The third kappa shape index (κ3) is 4.37. The van der Waals surface area contributed by atoms with Crippen LogP contribution in [0.4, 0.5) is 4.39 Å². The Morgan fingerprint density at radius 2 is 1.89 bits per heavy atom. The van der Waals surface area contributed by atoms with Gasteiger partial charge in [-0.25, -0.2) is 17.5 Å². The highest BCUT2D eigenvalue weighted by atomic mass is 32.2. The molecule has 1 aromatic heterocycles. The molecule has 3 aromatic rings. The van der Waals surface area contributed by atoms with Crippen LogP contribution >= 0.6 is 0 Å². The summed E-state index contributed by atoms with van der Waals surface area (Å²) in [5.74, 6) is 0.447. The number of hydrogen-bond acceptors (Lipinski definition) is 5. The predicted molar refractivity (Wildman–Crippen MR) is 102 cm³/mol. The molecule has 1 N–H and O–H groups in total. The zero-order chi connectivity index (χ0) is 20.3. The first-order valence-corrected chi connectivity index (χ1v) is 10.2. The van der Waals surface area contributed by atoms with Gasteiger partial charge in [-0.05, 0) is 62.7 Å². The van der Waals surface area contributed by atoms with Crippen molar-refractivity contribution in [2.75, 3.05) is 0 Å². The standard InChI is InChI=1S/C19H21FN4O3S/c1-4-24-18(21-22-19(24)27-16-10-8-15(20)9-11-16)14(3)23-28(25,26)17-7-5-6-13(2)12-17/h5-12,14,23H,4H2,1-3H3/t14-/m1/s1. The van der Waals surface area contributed by atoms with Crippen LogP contribution in [0.1, 0.15) is 31.3 Å². The summed E-state index contributed by atoms with van der Waals surface area (Å²) < 4.78 is 48.3. The van der Waals surface area contributed by atoms with Crippen LogP contribution in [0, 0.1) is 12.7 Å². The van der Waals surface area contributed by atoms with Crippen molar-refractivity contribution in [2.24, 2.45) is 0 Å². The van der Waals surface area contributed by atoms with Gasteiger partial charge in [0.05, 0.1) is 10.9 Å². The van der Waals surface area contributed by atoms with E-state index in [0.29, 0.717) is 18.1 Å². The second-order valence-corrected chi connectivity index (χ2v) is 8.01. The van der Waals surface area contributed by atoms with E-state index in [1.165, 1.54) is 30.3 Å². The van der Waals surface area contributed by atoms with Crippen molar-refractivity contribution in [3.05, 3.63) is 65.7 Å². The van der Waals surface area contributed by atoms with Gasteiger partial charge in [-0.15, -0.1) is 5.10 Å². The van der Waals surface area contributed by atoms with Crippen LogP contribution in [-0.2, 0) is 16.6 Å². The Bertz CT molecular complexity index is 1070. The van der Waals surface area contributed by atoms with Gasteiger partial charge in [0.15, 0.2) is 5.82 Å². The third-order valence-corrected chi connectivity index (χ3v) is 5.64. The van der Waals surface area contributed by atoms with E-state index >= 15 is 0 Å². The highest BCUT2D eigenvalue weighted by Gasteiger charge is 2.24. The van der Waals surface area contributed by atoms with Crippen molar-refractivity contribution in [1.82, 2.24) is 19.5 Å². The number of nitrogens with zero attached hydrogens (tertiary/aromatic N) is 3. The summed E-state index contributed by atoms with van der Waals surface area (Å²) in [6.45, 7) is 5.85. The molecule has 2 aromatic carbocycles. The van der Waals surface area contributed by atoms with Crippen LogP contribution in [0.15, 0.2) is 53.4 Å². The van der Waals surface area contributed by atoms with Crippen molar-refractivity contribution in [3.63, 3.8) is 0 Å². The summed E-state index contributed by atoms with van der Waals surface area (Å²) in [5.41, 5.74) is 0.849. The molecule has 0 radical (unpaired) electrons. The molecule has 28 heavy (non-hydrogen) atoms. The molecule has 0 fully saturated rings. The van der Waals surface area contributed by atoms with Crippen LogP contribution < -0.4 is 9.46 Å². The van der Waals surface area contributed by atoms with Crippen LogP contribution in [0.2, 0.25) is 0 Å². The zero-order valence-electron chi connectivity index (χ0n) is 15.8. The average Bonchev–Trinajstić information content (AvgIpc) is 3.06. The van der Waals surface area contributed by atoms with E-state index in [0.717, 1.165) is 5.56 Å². The number of nitrogens with one attached hydrogen (secondary N) is 1. The lowest BCUT2D eigenvalue weighted by Crippen LogP contribution is -2.29. The molecule has 1 atom stereocenters. The molecule has 0 aliphatic rings. The summed E-state index contributed by atoms with van der Waals surface area (Å²) in [7, 11) is -3.72. The number of halogens is 1. The number of sulfonamides is 1. The maximum atomic E-state index is 13.0. The minimum Gasteiger partial charge on any atom is -0.424 e. The summed E-state index contributed by atoms with van der Waals surface area (Å²) in [6, 6.07) is 11.7. The van der Waals surface area contributed by atoms with Crippen molar-refractivity contribution < 1.29 is 17.5 Å². The molecule has 148 valence electrons. The average molecular weight is 404 g/mol. The quantitative estimate of drug-likeness (QED) is 0.651. The molecule has 0 spiro atoms. The molecule has 0 unspecified atom stereocenters. The molecule has 1 heterocycles. The lowest BCUT2D eigenvalue weighted by Gasteiger charge is -2.15. The van der Waals surface area contributed by atoms with Gasteiger partial charge in [-0.2, -0.15) is 0 Å². The van der Waals surface area contributed by atoms with Gasteiger partial charge in [-0.1, -0.05) is 17.2 Å². The molecular formula is C19H21FN4O3S. The third-order valence-electron chi connectivity index (χ3n) is 4.10. The molecule has 0 saturated carbocycles. The minimum absolute atomic E-state index is 0.185. The number of benzene rings is 2. The Labute approximate surface area is 163 Å². The molecule has 0 saturated heterocycles. The maximum Gasteiger partial charge on any atom is 0.322 e. The molecule has 9 heteroatoms. The fraction of sp³-hybridized carbons (Fsp3) is 0.263. The lowest BCUT2D eigenvalue weighted by molar-refractivity contribution is 0.407. The van der Waals surface area contributed by atoms with Crippen LogP contribution in [-0.4, -0.2) is 23.2 Å². The molecule has 0 aliphatic heterocycles. The lowest BCUT2D eigenvalue weighted by atomic mass is 10.2. The number of hydrogen-bond donors (Lipinski definition) is 1. The van der Waals surface area contributed by atoms with E-state index in [1.807, 2.05) is 19.9 Å². The Kier molecular flexibility index (Phi) is 5.76. The van der Waals surface area contributed by atoms with E-state index < -0.39 is 16.1 Å². The summed E-state index contributed by atoms with van der Waals surface area (Å²) in [5, 5.41) is 8.09. The van der Waals surface area contributed by atoms with Gasteiger partial charge in [0.1, 0.15) is 11.6 Å². The number of aromatic nitrogens is 3. The highest BCUT2D eigenvalue weighted by Crippen LogP contribution is 2.24. The molecular weight excluding hydrogens is 383 g/mol. The van der Waals surface area contributed by atoms with Gasteiger partial charge in [-0.3, -0.25) is 4.57 Å². The Morgan fingerprint density at radius 3 is 2.54 bits per heavy atom. The molecule has 0 aliphatic carbocycles. The van der Waals surface area contributed by atoms with Gasteiger partial charge in [0.25, 0.3) is 0 Å². The Morgan fingerprint density at radius 1 is 1.18 bits per heavy atom. The Hall–Kier alpha value is -2.78. The predicted octanol–water partition coefficient (Wildman–Crippen LogP) is 3.58. The summed E-state index contributed by atoms with van der Waals surface area (Å²) >= 11 is 0. The van der Waals surface area contributed by atoms with Gasteiger partial charge in [0.2, 0.25) is 10.0 Å². The van der Waals surface area contributed by atoms with E-state index in [-0.39, 0.29) is 16.7 Å². The van der Waals surface area contributed by atoms with Crippen LogP contribution in [0.3, 0.4) is 0 Å². The summed E-state index contributed by atoms with van der Waals surface area (Å²) in [4.78, 5) is 0.185. The normalized spacial score (nSPS) is 12.7. The van der Waals surface area contributed by atoms with Gasteiger partial charge in [0, 0.05) is 6.54 Å².